The maximum atomic E-state index is 11.2. The summed E-state index contributed by atoms with van der Waals surface area (Å²) in [4.78, 5) is 11.6. The number of aryl methyl sites for hydroxylation is 3. The van der Waals surface area contributed by atoms with Crippen LogP contribution >= 0.6 is 11.3 Å². The van der Waals surface area contributed by atoms with Crippen LogP contribution in [0.4, 0.5) is 0 Å². The number of carboxylic acids is 1. The van der Waals surface area contributed by atoms with Crippen molar-refractivity contribution in [1.29, 1.82) is 0 Å². The van der Waals surface area contributed by atoms with Crippen LogP contribution in [-0.4, -0.2) is 11.1 Å². The molecule has 88 valence electrons. The molecule has 1 N–H and O–H groups in total. The average molecular weight is 246 g/mol. The third-order valence-electron chi connectivity index (χ3n) is 2.81. The molecule has 0 radical (unpaired) electrons. The summed E-state index contributed by atoms with van der Waals surface area (Å²) in [6.45, 7) is 6.10. The fourth-order valence-corrected chi connectivity index (χ4v) is 3.01. The second-order valence-electron chi connectivity index (χ2n) is 4.24. The van der Waals surface area contributed by atoms with Crippen molar-refractivity contribution in [2.45, 2.75) is 20.8 Å². The lowest BCUT2D eigenvalue weighted by Gasteiger charge is -2.11. The van der Waals surface area contributed by atoms with Gasteiger partial charge in [0.25, 0.3) is 0 Å². The molecule has 0 saturated heterocycles. The first-order valence-electron chi connectivity index (χ1n) is 5.39. The molecular formula is C14H14O2S. The Morgan fingerprint density at radius 2 is 1.76 bits per heavy atom. The van der Waals surface area contributed by atoms with E-state index in [9.17, 15) is 4.79 Å². The second-order valence-corrected chi connectivity index (χ2v) is 5.16. The van der Waals surface area contributed by atoms with E-state index in [0.29, 0.717) is 4.88 Å². The smallest absolute Gasteiger partial charge is 0.346 e. The molecule has 0 fully saturated rings. The lowest BCUT2D eigenvalue weighted by atomic mass is 9.94. The summed E-state index contributed by atoms with van der Waals surface area (Å²) in [5.74, 6) is -0.852. The van der Waals surface area contributed by atoms with Gasteiger partial charge < -0.3 is 5.11 Å². The van der Waals surface area contributed by atoms with Gasteiger partial charge in [-0.2, -0.15) is 0 Å². The van der Waals surface area contributed by atoms with Crippen molar-refractivity contribution >= 4 is 17.3 Å². The molecule has 2 rings (SSSR count). The fraction of sp³-hybridized carbons (Fsp3) is 0.214. The van der Waals surface area contributed by atoms with Gasteiger partial charge >= 0.3 is 5.97 Å². The topological polar surface area (TPSA) is 37.3 Å². The standard InChI is InChI=1S/C14H14O2S/c1-8-6-9(2)12(10(3)7-8)11-4-5-17-13(11)14(15)16/h4-7H,1-3H3,(H,15,16). The maximum Gasteiger partial charge on any atom is 0.346 e. The van der Waals surface area contributed by atoms with Gasteiger partial charge in [-0.3, -0.25) is 0 Å². The summed E-state index contributed by atoms with van der Waals surface area (Å²) in [5, 5.41) is 11.0. The predicted molar refractivity (Wildman–Crippen MR) is 70.9 cm³/mol. The fourth-order valence-electron chi connectivity index (χ4n) is 2.28. The van der Waals surface area contributed by atoms with Gasteiger partial charge in [0.15, 0.2) is 0 Å². The Morgan fingerprint density at radius 1 is 1.18 bits per heavy atom. The Bertz CT molecular complexity index is 559. The van der Waals surface area contributed by atoms with E-state index in [1.165, 1.54) is 16.9 Å². The van der Waals surface area contributed by atoms with Gasteiger partial charge in [0, 0.05) is 5.56 Å². The first kappa shape index (κ1) is 11.9. The van der Waals surface area contributed by atoms with E-state index >= 15 is 0 Å². The highest BCUT2D eigenvalue weighted by molar-refractivity contribution is 7.12. The molecule has 0 atom stereocenters. The van der Waals surface area contributed by atoms with Crippen molar-refractivity contribution in [2.75, 3.05) is 0 Å². The lowest BCUT2D eigenvalue weighted by molar-refractivity contribution is 0.0703. The summed E-state index contributed by atoms with van der Waals surface area (Å²) in [5.41, 5.74) is 5.34. The van der Waals surface area contributed by atoms with Gasteiger partial charge in [0.05, 0.1) is 0 Å². The van der Waals surface area contributed by atoms with Crippen LogP contribution in [0.2, 0.25) is 0 Å². The highest BCUT2D eigenvalue weighted by Crippen LogP contribution is 2.33. The lowest BCUT2D eigenvalue weighted by Crippen LogP contribution is -1.97. The van der Waals surface area contributed by atoms with E-state index in [1.54, 1.807) is 0 Å². The molecule has 1 heterocycles. The first-order chi connectivity index (χ1) is 8.00. The zero-order chi connectivity index (χ0) is 12.6. The van der Waals surface area contributed by atoms with Crippen molar-refractivity contribution in [2.24, 2.45) is 0 Å². The molecule has 0 aliphatic carbocycles. The van der Waals surface area contributed by atoms with E-state index in [2.05, 4.69) is 19.1 Å². The van der Waals surface area contributed by atoms with Crippen molar-refractivity contribution < 1.29 is 9.90 Å². The van der Waals surface area contributed by atoms with Gasteiger partial charge in [0.2, 0.25) is 0 Å². The van der Waals surface area contributed by atoms with Crippen LogP contribution in [0.3, 0.4) is 0 Å². The van der Waals surface area contributed by atoms with Gasteiger partial charge in [-0.25, -0.2) is 4.79 Å². The Labute approximate surface area is 105 Å². The van der Waals surface area contributed by atoms with Gasteiger partial charge in [-0.05, 0) is 48.9 Å². The van der Waals surface area contributed by atoms with Crippen LogP contribution in [0.5, 0.6) is 0 Å². The van der Waals surface area contributed by atoms with Crippen molar-refractivity contribution in [3.8, 4) is 11.1 Å². The zero-order valence-corrected chi connectivity index (χ0v) is 10.9. The Morgan fingerprint density at radius 3 is 2.29 bits per heavy atom. The van der Waals surface area contributed by atoms with Crippen LogP contribution in [0.25, 0.3) is 11.1 Å². The highest BCUT2D eigenvalue weighted by Gasteiger charge is 2.16. The number of benzene rings is 1. The van der Waals surface area contributed by atoms with Crippen LogP contribution < -0.4 is 0 Å². The summed E-state index contributed by atoms with van der Waals surface area (Å²) >= 11 is 1.27. The van der Waals surface area contributed by atoms with Crippen LogP contribution in [-0.2, 0) is 0 Å². The van der Waals surface area contributed by atoms with Gasteiger partial charge in [-0.1, -0.05) is 17.7 Å². The minimum Gasteiger partial charge on any atom is -0.477 e. The summed E-state index contributed by atoms with van der Waals surface area (Å²) < 4.78 is 0. The van der Waals surface area contributed by atoms with E-state index in [-0.39, 0.29) is 0 Å². The maximum absolute atomic E-state index is 11.2. The first-order valence-corrected chi connectivity index (χ1v) is 6.27. The van der Waals surface area contributed by atoms with Gasteiger partial charge in [0.1, 0.15) is 4.88 Å². The third-order valence-corrected chi connectivity index (χ3v) is 3.71. The van der Waals surface area contributed by atoms with E-state index in [0.717, 1.165) is 22.3 Å². The van der Waals surface area contributed by atoms with Crippen LogP contribution in [0, 0.1) is 20.8 Å². The molecule has 1 aromatic heterocycles. The quantitative estimate of drug-likeness (QED) is 0.868. The highest BCUT2D eigenvalue weighted by atomic mass is 32.1. The number of carboxylic acid groups (broad SMARTS) is 1. The third kappa shape index (κ3) is 2.11. The summed E-state index contributed by atoms with van der Waals surface area (Å²) in [7, 11) is 0. The normalized spacial score (nSPS) is 10.5. The summed E-state index contributed by atoms with van der Waals surface area (Å²) in [6.07, 6.45) is 0. The van der Waals surface area contributed by atoms with Gasteiger partial charge in [-0.15, -0.1) is 11.3 Å². The molecule has 17 heavy (non-hydrogen) atoms. The van der Waals surface area contributed by atoms with Crippen molar-refractivity contribution in [1.82, 2.24) is 0 Å². The molecule has 0 unspecified atom stereocenters. The van der Waals surface area contributed by atoms with Crippen LogP contribution in [0.15, 0.2) is 23.6 Å². The molecule has 0 bridgehead atoms. The number of hydrogen-bond donors (Lipinski definition) is 1. The van der Waals surface area contributed by atoms with Crippen molar-refractivity contribution in [3.63, 3.8) is 0 Å². The number of carbonyl (C=O) groups is 1. The molecule has 2 aromatic rings. The molecule has 0 aliphatic rings. The molecular weight excluding hydrogens is 232 g/mol. The molecule has 2 nitrogen and oxygen atoms in total. The molecule has 0 amide bonds. The zero-order valence-electron chi connectivity index (χ0n) is 10.1. The monoisotopic (exact) mass is 246 g/mol. The molecule has 0 spiro atoms. The summed E-state index contributed by atoms with van der Waals surface area (Å²) in [6, 6.07) is 6.07. The average Bonchev–Trinajstić information content (AvgIpc) is 2.64. The minimum absolute atomic E-state index is 0.417. The van der Waals surface area contributed by atoms with Crippen LogP contribution in [0.1, 0.15) is 26.4 Å². The van der Waals surface area contributed by atoms with E-state index in [4.69, 9.17) is 5.11 Å². The molecule has 0 aliphatic heterocycles. The molecule has 0 saturated carbocycles. The largest absolute Gasteiger partial charge is 0.477 e. The Kier molecular flexibility index (Phi) is 3.03. The Hall–Kier alpha value is -1.61. The van der Waals surface area contributed by atoms with Crippen molar-refractivity contribution in [3.05, 3.63) is 45.1 Å². The number of aromatic carboxylic acids is 1. The minimum atomic E-state index is -0.852. The van der Waals surface area contributed by atoms with E-state index < -0.39 is 5.97 Å². The number of rotatable bonds is 2. The predicted octanol–water partition coefficient (Wildman–Crippen LogP) is 4.04. The SMILES string of the molecule is Cc1cc(C)c(-c2ccsc2C(=O)O)c(C)c1. The van der Waals surface area contributed by atoms with E-state index in [1.807, 2.05) is 25.3 Å². The molecule has 1 aromatic carbocycles. The number of hydrogen-bond acceptors (Lipinski definition) is 2. The Balaban J connectivity index is 2.69. The second kappa shape index (κ2) is 4.34. The number of thiophene rings is 1. The molecule has 3 heteroatoms.